The van der Waals surface area contributed by atoms with Gasteiger partial charge in [0.05, 0.1) is 12.5 Å². The number of carbonyl (C=O) groups is 2. The largest absolute Gasteiger partial charge is 0.462 e. The van der Waals surface area contributed by atoms with Crippen molar-refractivity contribution in [3.05, 3.63) is 12.2 Å². The molecule has 5 heteroatoms. The Hall–Kier alpha value is -0.943. The molecule has 4 nitrogen and oxygen atoms in total. The fraction of sp³-hybridized carbons (Fsp3) is 0.810. The molecule has 0 N–H and O–H groups in total. The van der Waals surface area contributed by atoms with Crippen molar-refractivity contribution in [3.63, 3.8) is 0 Å². The molecule has 2 fully saturated rings. The van der Waals surface area contributed by atoms with Gasteiger partial charge in [0.15, 0.2) is 14.1 Å². The molecule has 1 aliphatic carbocycles. The average Bonchev–Trinajstić information content (AvgIpc) is 2.99. The molecule has 0 aromatic carbocycles. The van der Waals surface area contributed by atoms with Crippen LogP contribution in [0.15, 0.2) is 12.2 Å². The predicted molar refractivity (Wildman–Crippen MR) is 106 cm³/mol. The van der Waals surface area contributed by atoms with Crippen LogP contribution in [-0.4, -0.2) is 32.3 Å². The van der Waals surface area contributed by atoms with Crippen LogP contribution in [0.25, 0.3) is 0 Å². The van der Waals surface area contributed by atoms with Gasteiger partial charge < -0.3 is 9.16 Å². The zero-order chi connectivity index (χ0) is 19.5. The minimum Gasteiger partial charge on any atom is -0.462 e. The molecule has 1 aliphatic heterocycles. The van der Waals surface area contributed by atoms with E-state index in [1.54, 1.807) is 6.08 Å². The number of fused-ring (bicyclic) bond motifs is 1. The van der Waals surface area contributed by atoms with Crippen molar-refractivity contribution in [2.24, 2.45) is 11.8 Å². The maximum absolute atomic E-state index is 12.2. The van der Waals surface area contributed by atoms with Gasteiger partial charge in [0.25, 0.3) is 0 Å². The standard InChI is InChI=1S/C21H36O4Si/c1-7-8-9-10-15(22)11-12-16-17-13-20(23)24-18(17)14-19(16)25-26(5,6)21(2,3)4/h11-12,16-19H,7-10,13-14H2,1-6H3/b12-11+/t16-,17-,18+,19-/m1/s1. The molecule has 0 bridgehead atoms. The molecule has 148 valence electrons. The summed E-state index contributed by atoms with van der Waals surface area (Å²) in [7, 11) is -1.92. The Balaban J connectivity index is 2.09. The highest BCUT2D eigenvalue weighted by Gasteiger charge is 2.52. The number of rotatable bonds is 8. The second kappa shape index (κ2) is 8.38. The number of allylic oxidation sites excluding steroid dienone is 1. The quantitative estimate of drug-likeness (QED) is 0.256. The lowest BCUT2D eigenvalue weighted by Gasteiger charge is -2.39. The minimum absolute atomic E-state index is 0.0404. The van der Waals surface area contributed by atoms with Gasteiger partial charge in [-0.15, -0.1) is 0 Å². The second-order valence-electron chi connectivity index (χ2n) is 9.41. The number of ether oxygens (including phenoxy) is 1. The van der Waals surface area contributed by atoms with E-state index in [2.05, 4.69) is 40.8 Å². The van der Waals surface area contributed by atoms with Gasteiger partial charge >= 0.3 is 5.97 Å². The summed E-state index contributed by atoms with van der Waals surface area (Å²) in [6.07, 6.45) is 8.69. The third-order valence-electron chi connectivity index (χ3n) is 6.33. The number of hydrogen-bond acceptors (Lipinski definition) is 4. The van der Waals surface area contributed by atoms with Crippen molar-refractivity contribution in [2.75, 3.05) is 0 Å². The molecular formula is C21H36O4Si. The maximum atomic E-state index is 12.2. The summed E-state index contributed by atoms with van der Waals surface area (Å²) < 4.78 is 12.2. The van der Waals surface area contributed by atoms with Crippen molar-refractivity contribution in [2.45, 2.75) is 96.6 Å². The molecule has 1 saturated heterocycles. The van der Waals surface area contributed by atoms with E-state index < -0.39 is 8.32 Å². The third-order valence-corrected chi connectivity index (χ3v) is 10.8. The highest BCUT2D eigenvalue weighted by Crippen LogP contribution is 2.47. The molecule has 0 spiro atoms. The van der Waals surface area contributed by atoms with E-state index in [1.165, 1.54) is 0 Å². The highest BCUT2D eigenvalue weighted by atomic mass is 28.4. The number of carbonyl (C=O) groups excluding carboxylic acids is 2. The van der Waals surface area contributed by atoms with Crippen molar-refractivity contribution in [1.82, 2.24) is 0 Å². The van der Waals surface area contributed by atoms with Gasteiger partial charge in [0, 0.05) is 24.7 Å². The zero-order valence-electron chi connectivity index (χ0n) is 17.3. The van der Waals surface area contributed by atoms with E-state index in [9.17, 15) is 9.59 Å². The molecule has 1 saturated carbocycles. The number of esters is 1. The first kappa shape index (κ1) is 21.4. The van der Waals surface area contributed by atoms with Crippen LogP contribution in [0.4, 0.5) is 0 Å². The van der Waals surface area contributed by atoms with Crippen LogP contribution in [-0.2, 0) is 18.8 Å². The first-order valence-electron chi connectivity index (χ1n) is 10.1. The normalized spacial score (nSPS) is 29.2. The molecule has 2 rings (SSSR count). The van der Waals surface area contributed by atoms with Crippen molar-refractivity contribution in [3.8, 4) is 0 Å². The van der Waals surface area contributed by atoms with Gasteiger partial charge in [0.2, 0.25) is 0 Å². The zero-order valence-corrected chi connectivity index (χ0v) is 18.3. The SMILES string of the molecule is CCCCCC(=O)/C=C/[C@@H]1[C@H]2CC(=O)O[C@H]2C[C@H]1O[Si](C)(C)C(C)(C)C. The van der Waals surface area contributed by atoms with E-state index in [4.69, 9.17) is 9.16 Å². The van der Waals surface area contributed by atoms with Gasteiger partial charge in [-0.3, -0.25) is 9.59 Å². The van der Waals surface area contributed by atoms with Crippen molar-refractivity contribution in [1.29, 1.82) is 0 Å². The Morgan fingerprint density at radius 3 is 2.62 bits per heavy atom. The summed E-state index contributed by atoms with van der Waals surface area (Å²) in [5.41, 5.74) is 0. The molecule has 1 heterocycles. The lowest BCUT2D eigenvalue weighted by atomic mass is 9.91. The molecule has 0 aromatic heterocycles. The first-order valence-corrected chi connectivity index (χ1v) is 13.0. The monoisotopic (exact) mass is 380 g/mol. The Labute approximate surface area is 159 Å². The van der Waals surface area contributed by atoms with Gasteiger partial charge in [-0.2, -0.15) is 0 Å². The molecule has 0 amide bonds. The van der Waals surface area contributed by atoms with Gasteiger partial charge in [-0.1, -0.05) is 46.6 Å². The second-order valence-corrected chi connectivity index (χ2v) is 14.2. The Morgan fingerprint density at radius 2 is 2.00 bits per heavy atom. The summed E-state index contributed by atoms with van der Waals surface area (Å²) in [6, 6.07) is 0. The lowest BCUT2D eigenvalue weighted by molar-refractivity contribution is -0.141. The van der Waals surface area contributed by atoms with Gasteiger partial charge in [0.1, 0.15) is 6.10 Å². The van der Waals surface area contributed by atoms with Crippen LogP contribution in [0.2, 0.25) is 18.1 Å². The molecule has 26 heavy (non-hydrogen) atoms. The summed E-state index contributed by atoms with van der Waals surface area (Å²) >= 11 is 0. The predicted octanol–water partition coefficient (Wildman–Crippen LogP) is 5.03. The fourth-order valence-electron chi connectivity index (χ4n) is 3.70. The van der Waals surface area contributed by atoms with Crippen LogP contribution >= 0.6 is 0 Å². The van der Waals surface area contributed by atoms with Crippen LogP contribution in [0.5, 0.6) is 0 Å². The van der Waals surface area contributed by atoms with Crippen LogP contribution in [0.1, 0.15) is 66.2 Å². The fourth-order valence-corrected chi connectivity index (χ4v) is 5.06. The van der Waals surface area contributed by atoms with Crippen LogP contribution in [0.3, 0.4) is 0 Å². The van der Waals surface area contributed by atoms with Gasteiger partial charge in [-0.05, 0) is 30.6 Å². The van der Waals surface area contributed by atoms with Gasteiger partial charge in [-0.25, -0.2) is 0 Å². The molecule has 0 radical (unpaired) electrons. The summed E-state index contributed by atoms with van der Waals surface area (Å²) in [5, 5.41) is 0.131. The number of ketones is 1. The molecule has 2 aliphatic rings. The number of unbranched alkanes of at least 4 members (excludes halogenated alkanes) is 2. The van der Waals surface area contributed by atoms with E-state index in [0.717, 1.165) is 25.7 Å². The summed E-state index contributed by atoms with van der Waals surface area (Å²) in [5.74, 6) is 0.310. The number of hydrogen-bond donors (Lipinski definition) is 0. The van der Waals surface area contributed by atoms with Crippen LogP contribution < -0.4 is 0 Å². The molecule has 4 atom stereocenters. The topological polar surface area (TPSA) is 52.6 Å². The Bertz CT molecular complexity index is 547. The first-order chi connectivity index (χ1) is 12.0. The molecule has 0 aromatic rings. The van der Waals surface area contributed by atoms with Crippen LogP contribution in [0, 0.1) is 11.8 Å². The smallest absolute Gasteiger partial charge is 0.306 e. The maximum Gasteiger partial charge on any atom is 0.306 e. The third kappa shape index (κ3) is 5.07. The Kier molecular flexibility index (Phi) is 6.89. The Morgan fingerprint density at radius 1 is 1.31 bits per heavy atom. The summed E-state index contributed by atoms with van der Waals surface area (Å²) in [6.45, 7) is 13.3. The highest BCUT2D eigenvalue weighted by molar-refractivity contribution is 6.74. The minimum atomic E-state index is -1.92. The van der Waals surface area contributed by atoms with Crippen molar-refractivity contribution < 1.29 is 18.8 Å². The van der Waals surface area contributed by atoms with E-state index in [-0.39, 0.29) is 40.8 Å². The molecular weight excluding hydrogens is 344 g/mol. The van der Waals surface area contributed by atoms with Crippen molar-refractivity contribution >= 4 is 20.1 Å². The van der Waals surface area contributed by atoms with E-state index in [1.807, 2.05) is 6.08 Å². The lowest BCUT2D eigenvalue weighted by Crippen LogP contribution is -2.45. The molecule has 0 unspecified atom stereocenters. The van der Waals surface area contributed by atoms with E-state index in [0.29, 0.717) is 12.8 Å². The van der Waals surface area contributed by atoms with E-state index >= 15 is 0 Å². The summed E-state index contributed by atoms with van der Waals surface area (Å²) in [4.78, 5) is 23.9. The average molecular weight is 381 g/mol.